The molecule has 1 N–H and O–H groups in total. The lowest BCUT2D eigenvalue weighted by atomic mass is 10.3. The van der Waals surface area contributed by atoms with Gasteiger partial charge in [0.2, 0.25) is 0 Å². The van der Waals surface area contributed by atoms with Gasteiger partial charge in [-0.15, -0.1) is 11.3 Å². The van der Waals surface area contributed by atoms with E-state index in [1.165, 1.54) is 11.3 Å². The molecule has 96 valence electrons. The van der Waals surface area contributed by atoms with Gasteiger partial charge in [-0.1, -0.05) is 25.4 Å². The van der Waals surface area contributed by atoms with Crippen LogP contribution in [0.4, 0.5) is 0 Å². The average Bonchev–Trinajstić information content (AvgIpc) is 2.76. The molecule has 1 aromatic heterocycles. The van der Waals surface area contributed by atoms with Gasteiger partial charge < -0.3 is 10.2 Å². The summed E-state index contributed by atoms with van der Waals surface area (Å²) in [5.41, 5.74) is 0. The Kier molecular flexibility index (Phi) is 6.55. The smallest absolute Gasteiger partial charge is 0.261 e. The van der Waals surface area contributed by atoms with Gasteiger partial charge in [-0.25, -0.2) is 0 Å². The van der Waals surface area contributed by atoms with E-state index in [0.29, 0.717) is 15.8 Å². The van der Waals surface area contributed by atoms with E-state index in [9.17, 15) is 4.79 Å². The van der Waals surface area contributed by atoms with Crippen molar-refractivity contribution in [2.45, 2.75) is 20.3 Å². The summed E-state index contributed by atoms with van der Waals surface area (Å²) in [6, 6.07) is 3.50. The molecule has 1 aromatic rings. The van der Waals surface area contributed by atoms with Crippen LogP contribution >= 0.6 is 22.9 Å². The van der Waals surface area contributed by atoms with Crippen LogP contribution in [0.1, 0.15) is 29.9 Å². The maximum absolute atomic E-state index is 11.7. The molecule has 0 fully saturated rings. The van der Waals surface area contributed by atoms with Gasteiger partial charge in [-0.05, 0) is 38.2 Å². The Morgan fingerprint density at radius 2 is 2.12 bits per heavy atom. The maximum Gasteiger partial charge on any atom is 0.261 e. The molecule has 0 bridgehead atoms. The molecular weight excluding hydrogens is 256 g/mol. The van der Waals surface area contributed by atoms with Crippen molar-refractivity contribution in [2.24, 2.45) is 0 Å². The third kappa shape index (κ3) is 5.06. The van der Waals surface area contributed by atoms with Crippen LogP contribution in [0.15, 0.2) is 12.1 Å². The van der Waals surface area contributed by atoms with Gasteiger partial charge in [-0.3, -0.25) is 4.79 Å². The van der Waals surface area contributed by atoms with Crippen LogP contribution in [0.25, 0.3) is 0 Å². The molecule has 0 spiro atoms. The number of halogens is 1. The minimum Gasteiger partial charge on any atom is -0.351 e. The highest BCUT2D eigenvalue weighted by molar-refractivity contribution is 7.17. The number of amides is 1. The van der Waals surface area contributed by atoms with Crippen molar-refractivity contribution in [3.63, 3.8) is 0 Å². The van der Waals surface area contributed by atoms with Crippen LogP contribution in [0.5, 0.6) is 0 Å². The standard InChI is InChI=1S/C12H19ClN2OS/c1-3-15(4-2)9-5-8-14-12(16)10-6-7-11(13)17-10/h6-7H,3-5,8-9H2,1-2H3,(H,14,16). The second kappa shape index (κ2) is 7.69. The van der Waals surface area contributed by atoms with E-state index in [2.05, 4.69) is 24.1 Å². The van der Waals surface area contributed by atoms with Gasteiger partial charge in [0.25, 0.3) is 5.91 Å². The summed E-state index contributed by atoms with van der Waals surface area (Å²) in [5, 5.41) is 2.90. The third-order valence-electron chi connectivity index (χ3n) is 2.63. The number of rotatable bonds is 7. The van der Waals surface area contributed by atoms with Gasteiger partial charge in [0.05, 0.1) is 9.21 Å². The topological polar surface area (TPSA) is 32.3 Å². The van der Waals surface area contributed by atoms with Crippen LogP contribution in [0.2, 0.25) is 4.34 Å². The lowest BCUT2D eigenvalue weighted by Gasteiger charge is -2.17. The Morgan fingerprint density at radius 1 is 1.41 bits per heavy atom. The van der Waals surface area contributed by atoms with Crippen LogP contribution in [-0.4, -0.2) is 37.0 Å². The van der Waals surface area contributed by atoms with E-state index >= 15 is 0 Å². The van der Waals surface area contributed by atoms with E-state index < -0.39 is 0 Å². The van der Waals surface area contributed by atoms with Gasteiger partial charge in [0.15, 0.2) is 0 Å². The predicted octanol–water partition coefficient (Wildman–Crippen LogP) is 2.86. The zero-order valence-corrected chi connectivity index (χ0v) is 11.9. The third-order valence-corrected chi connectivity index (χ3v) is 3.86. The van der Waals surface area contributed by atoms with Gasteiger partial charge >= 0.3 is 0 Å². The summed E-state index contributed by atoms with van der Waals surface area (Å²) in [6.45, 7) is 8.16. The molecule has 3 nitrogen and oxygen atoms in total. The lowest BCUT2D eigenvalue weighted by molar-refractivity contribution is 0.0956. The second-order valence-electron chi connectivity index (χ2n) is 3.74. The lowest BCUT2D eigenvalue weighted by Crippen LogP contribution is -2.29. The number of carbonyl (C=O) groups is 1. The van der Waals surface area contributed by atoms with Crippen molar-refractivity contribution in [2.75, 3.05) is 26.2 Å². The number of nitrogens with zero attached hydrogens (tertiary/aromatic N) is 1. The summed E-state index contributed by atoms with van der Waals surface area (Å²) in [4.78, 5) is 14.7. The zero-order valence-electron chi connectivity index (χ0n) is 10.3. The van der Waals surface area contributed by atoms with Crippen molar-refractivity contribution in [1.82, 2.24) is 10.2 Å². The summed E-state index contributed by atoms with van der Waals surface area (Å²) in [7, 11) is 0. The highest BCUT2D eigenvalue weighted by atomic mass is 35.5. The Hall–Kier alpha value is -0.580. The molecule has 1 amide bonds. The average molecular weight is 275 g/mol. The van der Waals surface area contributed by atoms with Crippen LogP contribution in [-0.2, 0) is 0 Å². The van der Waals surface area contributed by atoms with Crippen molar-refractivity contribution < 1.29 is 4.79 Å². The molecule has 0 unspecified atom stereocenters. The van der Waals surface area contributed by atoms with E-state index in [4.69, 9.17) is 11.6 Å². The molecule has 0 aliphatic rings. The second-order valence-corrected chi connectivity index (χ2v) is 5.46. The van der Waals surface area contributed by atoms with E-state index in [-0.39, 0.29) is 5.91 Å². The molecule has 17 heavy (non-hydrogen) atoms. The molecule has 0 saturated heterocycles. The van der Waals surface area contributed by atoms with Crippen LogP contribution < -0.4 is 5.32 Å². The fourth-order valence-electron chi connectivity index (χ4n) is 1.57. The van der Waals surface area contributed by atoms with Crippen LogP contribution in [0, 0.1) is 0 Å². The Balaban J connectivity index is 2.21. The first-order valence-corrected chi connectivity index (χ1v) is 7.12. The zero-order chi connectivity index (χ0) is 12.7. The van der Waals surface area contributed by atoms with Crippen molar-refractivity contribution in [1.29, 1.82) is 0 Å². The number of hydrogen-bond donors (Lipinski definition) is 1. The molecule has 1 heterocycles. The number of nitrogens with one attached hydrogen (secondary N) is 1. The highest BCUT2D eigenvalue weighted by Gasteiger charge is 2.07. The summed E-state index contributed by atoms with van der Waals surface area (Å²) < 4.78 is 0.651. The Bertz CT molecular complexity index is 350. The summed E-state index contributed by atoms with van der Waals surface area (Å²) >= 11 is 7.09. The fraction of sp³-hybridized carbons (Fsp3) is 0.583. The predicted molar refractivity (Wildman–Crippen MR) is 74.1 cm³/mol. The first kappa shape index (κ1) is 14.5. The van der Waals surface area contributed by atoms with Crippen LogP contribution in [0.3, 0.4) is 0 Å². The molecular formula is C12H19ClN2OS. The van der Waals surface area contributed by atoms with Crippen molar-refractivity contribution in [3.05, 3.63) is 21.3 Å². The number of carbonyl (C=O) groups excluding carboxylic acids is 1. The Morgan fingerprint density at radius 3 is 2.65 bits per heavy atom. The minimum atomic E-state index is -0.0264. The van der Waals surface area contributed by atoms with E-state index in [0.717, 1.165) is 26.1 Å². The molecule has 0 atom stereocenters. The largest absolute Gasteiger partial charge is 0.351 e. The van der Waals surface area contributed by atoms with Crippen molar-refractivity contribution in [3.8, 4) is 0 Å². The first-order chi connectivity index (χ1) is 8.17. The first-order valence-electron chi connectivity index (χ1n) is 5.93. The number of thiophene rings is 1. The molecule has 0 aromatic carbocycles. The quantitative estimate of drug-likeness (QED) is 0.776. The van der Waals surface area contributed by atoms with Gasteiger partial charge in [0.1, 0.15) is 0 Å². The van der Waals surface area contributed by atoms with E-state index in [1.54, 1.807) is 12.1 Å². The summed E-state index contributed by atoms with van der Waals surface area (Å²) in [6.07, 6.45) is 0.979. The maximum atomic E-state index is 11.7. The monoisotopic (exact) mass is 274 g/mol. The minimum absolute atomic E-state index is 0.0264. The molecule has 0 aliphatic heterocycles. The molecule has 1 rings (SSSR count). The molecule has 0 aliphatic carbocycles. The molecule has 5 heteroatoms. The van der Waals surface area contributed by atoms with Gasteiger partial charge in [-0.2, -0.15) is 0 Å². The SMILES string of the molecule is CCN(CC)CCCNC(=O)c1ccc(Cl)s1. The van der Waals surface area contributed by atoms with Crippen molar-refractivity contribution >= 4 is 28.8 Å². The van der Waals surface area contributed by atoms with E-state index in [1.807, 2.05) is 0 Å². The highest BCUT2D eigenvalue weighted by Crippen LogP contribution is 2.20. The summed E-state index contributed by atoms with van der Waals surface area (Å²) in [5.74, 6) is -0.0264. The molecule has 0 saturated carbocycles. The Labute approximate surface area is 112 Å². The van der Waals surface area contributed by atoms with Gasteiger partial charge in [0, 0.05) is 6.54 Å². The number of hydrogen-bond acceptors (Lipinski definition) is 3. The fourth-order valence-corrected chi connectivity index (χ4v) is 2.53. The molecule has 0 radical (unpaired) electrons. The normalized spacial score (nSPS) is 10.8.